The van der Waals surface area contributed by atoms with E-state index in [1.807, 2.05) is 13.0 Å². The minimum atomic E-state index is -0.368. The molecule has 2 rings (SSSR count). The normalized spacial score (nSPS) is 23.4. The van der Waals surface area contributed by atoms with Crippen molar-refractivity contribution in [2.24, 2.45) is 11.1 Å². The fourth-order valence-corrected chi connectivity index (χ4v) is 3.35. The van der Waals surface area contributed by atoms with Crippen LogP contribution >= 0.6 is 0 Å². The van der Waals surface area contributed by atoms with Gasteiger partial charge in [0.25, 0.3) is 0 Å². The predicted octanol–water partition coefficient (Wildman–Crippen LogP) is 3.44. The summed E-state index contributed by atoms with van der Waals surface area (Å²) in [5.41, 5.74) is 7.09. The lowest BCUT2D eigenvalue weighted by molar-refractivity contribution is -0.386. The molecule has 1 aromatic rings. The first-order valence-corrected chi connectivity index (χ1v) is 7.68. The summed E-state index contributed by atoms with van der Waals surface area (Å²) in [6, 6.07) is 5.33. The second kappa shape index (κ2) is 6.02. The Kier molecular flexibility index (Phi) is 4.52. The quantitative estimate of drug-likeness (QED) is 0.643. The van der Waals surface area contributed by atoms with E-state index in [1.165, 1.54) is 0 Å². The van der Waals surface area contributed by atoms with Gasteiger partial charge in [-0.25, -0.2) is 0 Å². The van der Waals surface area contributed by atoms with Crippen molar-refractivity contribution in [3.05, 3.63) is 33.9 Å². The predicted molar refractivity (Wildman–Crippen MR) is 82.5 cm³/mol. The Hall–Kier alpha value is -1.62. The number of hydrogen-bond donors (Lipinski definition) is 1. The highest BCUT2D eigenvalue weighted by atomic mass is 16.6. The van der Waals surface area contributed by atoms with E-state index >= 15 is 0 Å². The van der Waals surface area contributed by atoms with Gasteiger partial charge in [-0.05, 0) is 30.9 Å². The van der Waals surface area contributed by atoms with Gasteiger partial charge in [0.2, 0.25) is 0 Å². The van der Waals surface area contributed by atoms with Crippen LogP contribution in [-0.4, -0.2) is 17.1 Å². The third kappa shape index (κ3) is 2.62. The molecule has 0 saturated heterocycles. The van der Waals surface area contributed by atoms with Crippen molar-refractivity contribution < 1.29 is 9.66 Å². The maximum atomic E-state index is 11.2. The summed E-state index contributed by atoms with van der Waals surface area (Å²) in [6.07, 6.45) is 3.35. The molecule has 1 fully saturated rings. The van der Waals surface area contributed by atoms with E-state index < -0.39 is 0 Å². The molecule has 0 radical (unpaired) electrons. The third-order valence-corrected chi connectivity index (χ3v) is 5.06. The van der Waals surface area contributed by atoms with Crippen molar-refractivity contribution in [3.8, 4) is 5.75 Å². The summed E-state index contributed by atoms with van der Waals surface area (Å²) in [6.45, 7) is 6.19. The lowest BCUT2D eigenvalue weighted by atomic mass is 9.59. The molecule has 2 atom stereocenters. The van der Waals surface area contributed by atoms with Gasteiger partial charge in [-0.15, -0.1) is 0 Å². The molecule has 1 aromatic carbocycles. The molecular weight excluding hydrogens is 268 g/mol. The van der Waals surface area contributed by atoms with Gasteiger partial charge < -0.3 is 10.5 Å². The van der Waals surface area contributed by atoms with Crippen LogP contribution in [0.3, 0.4) is 0 Å². The van der Waals surface area contributed by atoms with Crippen LogP contribution in [0.15, 0.2) is 18.2 Å². The second-order valence-corrected chi connectivity index (χ2v) is 5.80. The number of nitro benzene ring substituents is 1. The average molecular weight is 292 g/mol. The van der Waals surface area contributed by atoms with Crippen molar-refractivity contribution in [3.63, 3.8) is 0 Å². The first-order chi connectivity index (χ1) is 9.98. The molecule has 1 saturated carbocycles. The van der Waals surface area contributed by atoms with Gasteiger partial charge in [-0.1, -0.05) is 26.8 Å². The Bertz CT molecular complexity index is 526. The molecule has 5 heteroatoms. The molecular formula is C16H24N2O3. The molecule has 2 N–H and O–H groups in total. The van der Waals surface area contributed by atoms with E-state index in [4.69, 9.17) is 10.5 Å². The molecule has 0 aliphatic heterocycles. The molecule has 0 bridgehead atoms. The first-order valence-electron chi connectivity index (χ1n) is 7.68. The highest BCUT2D eigenvalue weighted by molar-refractivity contribution is 5.49. The van der Waals surface area contributed by atoms with E-state index in [2.05, 4.69) is 13.8 Å². The molecule has 2 unspecified atom stereocenters. The maximum absolute atomic E-state index is 11.2. The van der Waals surface area contributed by atoms with Crippen molar-refractivity contribution in [2.75, 3.05) is 0 Å². The highest BCUT2D eigenvalue weighted by Gasteiger charge is 2.52. The van der Waals surface area contributed by atoms with Crippen LogP contribution < -0.4 is 10.5 Å². The SMILES string of the molecule is CCc1ccc(OC2CC(N)C2(CC)CC)c([N+](=O)[O-])c1. The highest BCUT2D eigenvalue weighted by Crippen LogP contribution is 2.48. The molecule has 21 heavy (non-hydrogen) atoms. The number of rotatable bonds is 6. The molecule has 0 heterocycles. The van der Waals surface area contributed by atoms with Crippen molar-refractivity contribution in [1.82, 2.24) is 0 Å². The van der Waals surface area contributed by atoms with Gasteiger partial charge >= 0.3 is 5.69 Å². The first kappa shape index (κ1) is 15.8. The fourth-order valence-electron chi connectivity index (χ4n) is 3.35. The Morgan fingerprint density at radius 3 is 2.52 bits per heavy atom. The van der Waals surface area contributed by atoms with Gasteiger partial charge in [-0.2, -0.15) is 0 Å². The third-order valence-electron chi connectivity index (χ3n) is 5.06. The molecule has 0 aromatic heterocycles. The summed E-state index contributed by atoms with van der Waals surface area (Å²) < 4.78 is 5.99. The van der Waals surface area contributed by atoms with Gasteiger partial charge in [0.1, 0.15) is 6.10 Å². The van der Waals surface area contributed by atoms with Gasteiger partial charge in [0.15, 0.2) is 5.75 Å². The average Bonchev–Trinajstić information content (AvgIpc) is 2.48. The lowest BCUT2D eigenvalue weighted by Gasteiger charge is -2.53. The monoisotopic (exact) mass is 292 g/mol. The van der Waals surface area contributed by atoms with Gasteiger partial charge in [-0.3, -0.25) is 10.1 Å². The van der Waals surface area contributed by atoms with E-state index in [0.29, 0.717) is 5.75 Å². The Balaban J connectivity index is 2.26. The minimum absolute atomic E-state index is 0.0336. The topological polar surface area (TPSA) is 78.4 Å². The van der Waals surface area contributed by atoms with E-state index in [9.17, 15) is 10.1 Å². The summed E-state index contributed by atoms with van der Waals surface area (Å²) in [5, 5.41) is 11.2. The van der Waals surface area contributed by atoms with Crippen LogP contribution in [0.5, 0.6) is 5.75 Å². The molecule has 0 amide bonds. The van der Waals surface area contributed by atoms with E-state index in [0.717, 1.165) is 31.2 Å². The van der Waals surface area contributed by atoms with Gasteiger partial charge in [0, 0.05) is 23.9 Å². The number of nitro groups is 1. The Morgan fingerprint density at radius 1 is 1.38 bits per heavy atom. The molecule has 0 spiro atoms. The smallest absolute Gasteiger partial charge is 0.311 e. The number of nitrogens with two attached hydrogens (primary N) is 1. The van der Waals surface area contributed by atoms with Crippen LogP contribution in [0.2, 0.25) is 0 Å². The van der Waals surface area contributed by atoms with Crippen LogP contribution in [0.25, 0.3) is 0 Å². The number of hydrogen-bond acceptors (Lipinski definition) is 4. The zero-order valence-corrected chi connectivity index (χ0v) is 13.0. The largest absolute Gasteiger partial charge is 0.483 e. The maximum Gasteiger partial charge on any atom is 0.311 e. The van der Waals surface area contributed by atoms with Crippen LogP contribution in [0.4, 0.5) is 5.69 Å². The van der Waals surface area contributed by atoms with Crippen molar-refractivity contribution in [1.29, 1.82) is 0 Å². The standard InChI is InChI=1S/C16H24N2O3/c1-4-11-7-8-13(12(9-11)18(19)20)21-15-10-14(17)16(15,5-2)6-3/h7-9,14-15H,4-6,10,17H2,1-3H3. The number of benzene rings is 1. The number of nitrogens with zero attached hydrogens (tertiary/aromatic N) is 1. The fraction of sp³-hybridized carbons (Fsp3) is 0.625. The Labute approximate surface area is 125 Å². The van der Waals surface area contributed by atoms with Crippen molar-refractivity contribution in [2.45, 2.75) is 58.6 Å². The summed E-state index contributed by atoms with van der Waals surface area (Å²) in [7, 11) is 0. The summed E-state index contributed by atoms with van der Waals surface area (Å²) in [4.78, 5) is 10.9. The zero-order valence-electron chi connectivity index (χ0n) is 13.0. The second-order valence-electron chi connectivity index (χ2n) is 5.80. The molecule has 5 nitrogen and oxygen atoms in total. The van der Waals surface area contributed by atoms with Crippen LogP contribution in [-0.2, 0) is 6.42 Å². The van der Waals surface area contributed by atoms with Crippen molar-refractivity contribution >= 4 is 5.69 Å². The van der Waals surface area contributed by atoms with Gasteiger partial charge in [0.05, 0.1) is 4.92 Å². The number of ether oxygens (including phenoxy) is 1. The zero-order chi connectivity index (χ0) is 15.6. The van der Waals surface area contributed by atoms with Crippen LogP contribution in [0.1, 0.15) is 45.6 Å². The molecule has 116 valence electrons. The van der Waals surface area contributed by atoms with Crippen LogP contribution in [0, 0.1) is 15.5 Å². The Morgan fingerprint density at radius 2 is 2.05 bits per heavy atom. The lowest BCUT2D eigenvalue weighted by Crippen LogP contribution is -2.62. The summed E-state index contributed by atoms with van der Waals surface area (Å²) >= 11 is 0. The van der Waals surface area contributed by atoms with E-state index in [-0.39, 0.29) is 28.2 Å². The van der Waals surface area contributed by atoms with E-state index in [1.54, 1.807) is 12.1 Å². The molecule has 1 aliphatic rings. The minimum Gasteiger partial charge on any atom is -0.483 e. The summed E-state index contributed by atoms with van der Waals surface area (Å²) in [5.74, 6) is 0.361. The number of aryl methyl sites for hydroxylation is 1. The molecule has 1 aliphatic carbocycles.